The van der Waals surface area contributed by atoms with Crippen molar-refractivity contribution < 1.29 is 9.90 Å². The number of benzene rings is 1. The Morgan fingerprint density at radius 3 is 2.29 bits per heavy atom. The molecule has 1 rings (SSSR count). The molecule has 0 saturated heterocycles. The van der Waals surface area contributed by atoms with Crippen molar-refractivity contribution in [2.24, 2.45) is 0 Å². The molecule has 0 atom stereocenters. The van der Waals surface area contributed by atoms with E-state index in [0.717, 1.165) is 10.6 Å². The van der Waals surface area contributed by atoms with E-state index in [1.807, 2.05) is 0 Å². The quantitative estimate of drug-likeness (QED) is 0.670. The van der Waals surface area contributed by atoms with Crippen LogP contribution in [0.1, 0.15) is 38.3 Å². The summed E-state index contributed by atoms with van der Waals surface area (Å²) in [6, 6.07) is 8.71. The Balaban J connectivity index is 2.43. The summed E-state index contributed by atoms with van der Waals surface area (Å²) in [7, 11) is 0. The maximum absolute atomic E-state index is 10.4. The third kappa shape index (κ3) is 5.38. The fourth-order valence-electron chi connectivity index (χ4n) is 1.45. The molecule has 3 heteroatoms. The molecule has 1 aromatic carbocycles. The SMILES string of the molecule is CC(C)(C)c1ccc(C[Se]CCC(=O)O)cc1. The monoisotopic (exact) mass is 300 g/mol. The Bertz CT molecular complexity index is 363. The van der Waals surface area contributed by atoms with Crippen LogP contribution in [0.4, 0.5) is 0 Å². The van der Waals surface area contributed by atoms with Gasteiger partial charge in [-0.15, -0.1) is 0 Å². The van der Waals surface area contributed by atoms with E-state index in [4.69, 9.17) is 5.11 Å². The van der Waals surface area contributed by atoms with Gasteiger partial charge in [0.05, 0.1) is 0 Å². The van der Waals surface area contributed by atoms with E-state index in [0.29, 0.717) is 21.4 Å². The summed E-state index contributed by atoms with van der Waals surface area (Å²) < 4.78 is 0. The van der Waals surface area contributed by atoms with Crippen molar-refractivity contribution in [3.8, 4) is 0 Å². The predicted octanol–water partition coefficient (Wildman–Crippen LogP) is 3.08. The Morgan fingerprint density at radius 2 is 1.82 bits per heavy atom. The second-order valence-corrected chi connectivity index (χ2v) is 7.46. The van der Waals surface area contributed by atoms with Gasteiger partial charge >= 0.3 is 109 Å². The number of carbonyl (C=O) groups is 1. The Morgan fingerprint density at radius 1 is 1.24 bits per heavy atom. The molecule has 94 valence electrons. The molecular weight excluding hydrogens is 279 g/mol. The van der Waals surface area contributed by atoms with Gasteiger partial charge in [0.15, 0.2) is 0 Å². The zero-order chi connectivity index (χ0) is 12.9. The van der Waals surface area contributed by atoms with Gasteiger partial charge in [0.1, 0.15) is 0 Å². The van der Waals surface area contributed by atoms with E-state index < -0.39 is 5.97 Å². The first-order valence-electron chi connectivity index (χ1n) is 5.78. The standard InChI is InChI=1S/C14H20O2Se/c1-14(2,3)12-6-4-11(5-7-12)10-17-9-8-13(15)16/h4-7H,8-10H2,1-3H3,(H,15,16). The fourth-order valence-corrected chi connectivity index (χ4v) is 3.32. The third-order valence-electron chi connectivity index (χ3n) is 2.55. The second kappa shape index (κ2) is 6.23. The van der Waals surface area contributed by atoms with Crippen LogP contribution in [0, 0.1) is 0 Å². The third-order valence-corrected chi connectivity index (χ3v) is 4.71. The molecule has 0 aliphatic rings. The summed E-state index contributed by atoms with van der Waals surface area (Å²) in [5, 5.41) is 10.4. The molecule has 1 aromatic rings. The van der Waals surface area contributed by atoms with Gasteiger partial charge < -0.3 is 0 Å². The molecular formula is C14H20O2Se. The summed E-state index contributed by atoms with van der Waals surface area (Å²) in [5.41, 5.74) is 2.87. The first-order valence-corrected chi connectivity index (χ1v) is 8.21. The van der Waals surface area contributed by atoms with E-state index >= 15 is 0 Å². The molecule has 0 aromatic heterocycles. The normalized spacial score (nSPS) is 11.5. The minimum atomic E-state index is -0.685. The first kappa shape index (κ1) is 14.3. The topological polar surface area (TPSA) is 37.3 Å². The summed E-state index contributed by atoms with van der Waals surface area (Å²) in [5.74, 6) is -0.685. The Labute approximate surface area is 110 Å². The number of hydrogen-bond acceptors (Lipinski definition) is 1. The first-order chi connectivity index (χ1) is 7.89. The van der Waals surface area contributed by atoms with E-state index in [-0.39, 0.29) is 5.41 Å². The Kier molecular flexibility index (Phi) is 5.23. The van der Waals surface area contributed by atoms with Gasteiger partial charge in [-0.2, -0.15) is 0 Å². The molecule has 0 aliphatic heterocycles. The average Bonchev–Trinajstić information content (AvgIpc) is 2.23. The van der Waals surface area contributed by atoms with Crippen LogP contribution in [0.2, 0.25) is 5.32 Å². The number of rotatable bonds is 5. The summed E-state index contributed by atoms with van der Waals surface area (Å²) in [6.07, 6.45) is 0.306. The summed E-state index contributed by atoms with van der Waals surface area (Å²) >= 11 is 0.404. The maximum atomic E-state index is 10.4. The average molecular weight is 299 g/mol. The van der Waals surface area contributed by atoms with Gasteiger partial charge in [-0.25, -0.2) is 0 Å². The van der Waals surface area contributed by atoms with Gasteiger partial charge in [-0.1, -0.05) is 0 Å². The van der Waals surface area contributed by atoms with Crippen LogP contribution < -0.4 is 0 Å². The van der Waals surface area contributed by atoms with Gasteiger partial charge in [0, 0.05) is 0 Å². The van der Waals surface area contributed by atoms with Crippen molar-refractivity contribution in [1.29, 1.82) is 0 Å². The number of aliphatic carboxylic acids is 1. The fraction of sp³-hybridized carbons (Fsp3) is 0.500. The van der Waals surface area contributed by atoms with Crippen LogP contribution in [0.15, 0.2) is 24.3 Å². The van der Waals surface area contributed by atoms with Gasteiger partial charge in [-0.05, 0) is 0 Å². The Hall–Kier alpha value is -0.791. The van der Waals surface area contributed by atoms with Gasteiger partial charge in [-0.3, -0.25) is 0 Å². The van der Waals surface area contributed by atoms with E-state index in [1.165, 1.54) is 11.1 Å². The number of hydrogen-bond donors (Lipinski definition) is 1. The molecule has 0 radical (unpaired) electrons. The molecule has 0 saturated carbocycles. The van der Waals surface area contributed by atoms with Crippen molar-refractivity contribution in [2.75, 3.05) is 0 Å². The molecule has 0 spiro atoms. The molecule has 0 bridgehead atoms. The molecule has 1 N–H and O–H groups in total. The van der Waals surface area contributed by atoms with Crippen LogP contribution in [-0.4, -0.2) is 26.0 Å². The van der Waals surface area contributed by atoms with Crippen molar-refractivity contribution in [3.63, 3.8) is 0 Å². The molecule has 17 heavy (non-hydrogen) atoms. The van der Waals surface area contributed by atoms with Crippen molar-refractivity contribution in [1.82, 2.24) is 0 Å². The molecule has 0 aliphatic carbocycles. The van der Waals surface area contributed by atoms with E-state index in [2.05, 4.69) is 45.0 Å². The number of carboxylic acid groups (broad SMARTS) is 1. The summed E-state index contributed by atoms with van der Waals surface area (Å²) in [6.45, 7) is 6.62. The zero-order valence-corrected chi connectivity index (χ0v) is 12.4. The van der Waals surface area contributed by atoms with Crippen LogP contribution in [0.5, 0.6) is 0 Å². The molecule has 2 nitrogen and oxygen atoms in total. The van der Waals surface area contributed by atoms with Crippen LogP contribution in [0.3, 0.4) is 0 Å². The van der Waals surface area contributed by atoms with Gasteiger partial charge in [0.2, 0.25) is 0 Å². The van der Waals surface area contributed by atoms with Crippen molar-refractivity contribution >= 4 is 20.9 Å². The molecule has 0 unspecified atom stereocenters. The van der Waals surface area contributed by atoms with Gasteiger partial charge in [0.25, 0.3) is 0 Å². The number of carboxylic acids is 1. The second-order valence-electron chi connectivity index (χ2n) is 5.14. The summed E-state index contributed by atoms with van der Waals surface area (Å²) in [4.78, 5) is 10.4. The molecule has 0 fully saturated rings. The van der Waals surface area contributed by atoms with Crippen LogP contribution in [-0.2, 0) is 15.5 Å². The van der Waals surface area contributed by atoms with E-state index in [9.17, 15) is 4.79 Å². The predicted molar refractivity (Wildman–Crippen MR) is 71.7 cm³/mol. The van der Waals surface area contributed by atoms with Crippen LogP contribution in [0.25, 0.3) is 0 Å². The minimum absolute atomic E-state index is 0.201. The van der Waals surface area contributed by atoms with Crippen molar-refractivity contribution in [2.45, 2.75) is 43.2 Å². The molecule has 0 heterocycles. The van der Waals surface area contributed by atoms with Crippen LogP contribution >= 0.6 is 0 Å². The zero-order valence-electron chi connectivity index (χ0n) is 10.7. The van der Waals surface area contributed by atoms with E-state index in [1.54, 1.807) is 0 Å². The molecule has 0 amide bonds. The van der Waals surface area contributed by atoms with Crippen molar-refractivity contribution in [3.05, 3.63) is 35.4 Å².